The second-order valence-corrected chi connectivity index (χ2v) is 6.68. The molecule has 0 aliphatic carbocycles. The molecule has 8 heteroatoms. The molecule has 0 spiro atoms. The van der Waals surface area contributed by atoms with E-state index in [0.717, 1.165) is 36.9 Å². The minimum atomic E-state index is -0.216. The van der Waals surface area contributed by atoms with Crippen LogP contribution in [0.25, 0.3) is 5.52 Å². The van der Waals surface area contributed by atoms with Crippen molar-refractivity contribution < 1.29 is 19.1 Å². The van der Waals surface area contributed by atoms with Crippen molar-refractivity contribution in [3.63, 3.8) is 0 Å². The van der Waals surface area contributed by atoms with Gasteiger partial charge in [0.2, 0.25) is 5.91 Å². The number of aromatic nitrogens is 3. The third kappa shape index (κ3) is 4.63. The van der Waals surface area contributed by atoms with Gasteiger partial charge < -0.3 is 14.8 Å². The van der Waals surface area contributed by atoms with E-state index < -0.39 is 0 Å². The van der Waals surface area contributed by atoms with Crippen LogP contribution in [0.15, 0.2) is 18.5 Å². The van der Waals surface area contributed by atoms with Gasteiger partial charge in [-0.25, -0.2) is 9.50 Å². The van der Waals surface area contributed by atoms with Gasteiger partial charge in [0.1, 0.15) is 24.6 Å². The van der Waals surface area contributed by atoms with E-state index in [1.165, 1.54) is 6.33 Å². The first-order valence-corrected chi connectivity index (χ1v) is 9.56. The number of carbonyl (C=O) groups is 2. The molecular weight excluding hydrogens is 348 g/mol. The maximum Gasteiger partial charge on any atom is 0.305 e. The first kappa shape index (κ1) is 19.3. The van der Waals surface area contributed by atoms with Crippen molar-refractivity contribution in [2.24, 2.45) is 0 Å². The monoisotopic (exact) mass is 374 g/mol. The molecule has 0 radical (unpaired) electrons. The van der Waals surface area contributed by atoms with Crippen LogP contribution in [0.5, 0.6) is 0 Å². The van der Waals surface area contributed by atoms with Crippen LogP contribution in [0.1, 0.15) is 64.2 Å². The Morgan fingerprint density at radius 2 is 2.19 bits per heavy atom. The number of rotatable bonds is 8. The van der Waals surface area contributed by atoms with Gasteiger partial charge in [-0.1, -0.05) is 20.3 Å². The Morgan fingerprint density at radius 3 is 2.96 bits per heavy atom. The van der Waals surface area contributed by atoms with Crippen molar-refractivity contribution in [1.82, 2.24) is 14.6 Å². The number of nitrogens with zero attached hydrogens (tertiary/aromatic N) is 3. The Hall–Kier alpha value is -2.48. The average molecular weight is 374 g/mol. The lowest BCUT2D eigenvalue weighted by molar-refractivity contribution is -0.147. The summed E-state index contributed by atoms with van der Waals surface area (Å²) in [5.74, 6) is 0.241. The van der Waals surface area contributed by atoms with Crippen LogP contribution >= 0.6 is 0 Å². The van der Waals surface area contributed by atoms with E-state index in [1.54, 1.807) is 11.4 Å². The Balaban J connectivity index is 1.69. The average Bonchev–Trinajstić information content (AvgIpc) is 3.31. The number of esters is 1. The number of nitrogens with one attached hydrogen (secondary N) is 1. The van der Waals surface area contributed by atoms with Gasteiger partial charge in [-0.2, -0.15) is 5.10 Å². The SMILES string of the molecule is CCCCC(=O)Nc1ncnn2c(C3CCC(COC(=O)CC)O3)ccc12. The molecule has 1 amide bonds. The van der Waals surface area contributed by atoms with Crippen LogP contribution in [0.2, 0.25) is 0 Å². The number of anilines is 1. The molecule has 2 atom stereocenters. The van der Waals surface area contributed by atoms with Gasteiger partial charge in [0.25, 0.3) is 0 Å². The van der Waals surface area contributed by atoms with Gasteiger partial charge in [-0.05, 0) is 31.4 Å². The largest absolute Gasteiger partial charge is 0.463 e. The topological polar surface area (TPSA) is 94.8 Å². The minimum Gasteiger partial charge on any atom is -0.463 e. The van der Waals surface area contributed by atoms with Crippen LogP contribution in [-0.2, 0) is 19.1 Å². The summed E-state index contributed by atoms with van der Waals surface area (Å²) in [6.45, 7) is 4.10. The van der Waals surface area contributed by atoms with E-state index in [9.17, 15) is 9.59 Å². The molecule has 2 aromatic heterocycles. The Morgan fingerprint density at radius 1 is 1.33 bits per heavy atom. The number of amides is 1. The molecule has 3 rings (SSSR count). The summed E-state index contributed by atoms with van der Waals surface area (Å²) in [5.41, 5.74) is 1.64. The molecule has 1 saturated heterocycles. The maximum absolute atomic E-state index is 12.0. The molecule has 2 unspecified atom stereocenters. The highest BCUT2D eigenvalue weighted by molar-refractivity contribution is 5.93. The van der Waals surface area contributed by atoms with Crippen LogP contribution in [0, 0.1) is 0 Å². The van der Waals surface area contributed by atoms with Crippen LogP contribution < -0.4 is 5.32 Å². The van der Waals surface area contributed by atoms with E-state index >= 15 is 0 Å². The number of fused-ring (bicyclic) bond motifs is 1. The second kappa shape index (κ2) is 8.94. The van der Waals surface area contributed by atoms with E-state index in [0.29, 0.717) is 18.7 Å². The van der Waals surface area contributed by atoms with Crippen molar-refractivity contribution in [3.8, 4) is 0 Å². The van der Waals surface area contributed by atoms with Gasteiger partial charge in [-0.15, -0.1) is 0 Å². The lowest BCUT2D eigenvalue weighted by Gasteiger charge is -2.14. The highest BCUT2D eigenvalue weighted by atomic mass is 16.6. The standard InChI is InChI=1S/C19H26N4O4/c1-3-5-6-17(24)22-19-15-9-8-14(23(15)21-12-20-19)16-10-7-13(27-16)11-26-18(25)4-2/h8-9,12-13,16H,3-7,10-11H2,1-2H3,(H,20,21,22,24). The van der Waals surface area contributed by atoms with Crippen molar-refractivity contribution in [1.29, 1.82) is 0 Å². The highest BCUT2D eigenvalue weighted by Gasteiger charge is 2.30. The predicted molar refractivity (Wildman–Crippen MR) is 99.2 cm³/mol. The zero-order valence-electron chi connectivity index (χ0n) is 15.8. The van der Waals surface area contributed by atoms with Crippen LogP contribution in [0.4, 0.5) is 5.82 Å². The molecule has 0 aromatic carbocycles. The van der Waals surface area contributed by atoms with Crippen LogP contribution in [-0.4, -0.2) is 39.2 Å². The predicted octanol–water partition coefficient (Wildman–Crippen LogP) is 3.03. The molecule has 146 valence electrons. The van der Waals surface area contributed by atoms with E-state index in [2.05, 4.69) is 15.4 Å². The highest BCUT2D eigenvalue weighted by Crippen LogP contribution is 2.34. The Kier molecular flexibility index (Phi) is 6.39. The van der Waals surface area contributed by atoms with Crippen molar-refractivity contribution in [2.75, 3.05) is 11.9 Å². The smallest absolute Gasteiger partial charge is 0.305 e. The van der Waals surface area contributed by atoms with Gasteiger partial charge in [0, 0.05) is 12.8 Å². The molecule has 1 aliphatic heterocycles. The fraction of sp³-hybridized carbons (Fsp3) is 0.579. The minimum absolute atomic E-state index is 0.0462. The van der Waals surface area contributed by atoms with Gasteiger partial charge in [0.15, 0.2) is 5.82 Å². The summed E-state index contributed by atoms with van der Waals surface area (Å²) in [6.07, 6.45) is 5.50. The van der Waals surface area contributed by atoms with Gasteiger partial charge >= 0.3 is 5.97 Å². The molecule has 8 nitrogen and oxygen atoms in total. The summed E-state index contributed by atoms with van der Waals surface area (Å²) in [5, 5.41) is 7.18. The normalized spacial score (nSPS) is 19.3. The fourth-order valence-electron chi connectivity index (χ4n) is 3.16. The number of unbranched alkanes of at least 4 members (excludes halogenated alkanes) is 1. The van der Waals surface area contributed by atoms with Crippen LogP contribution in [0.3, 0.4) is 0 Å². The molecule has 2 aromatic rings. The molecular formula is C19H26N4O4. The van der Waals surface area contributed by atoms with E-state index in [-0.39, 0.29) is 30.7 Å². The molecule has 1 fully saturated rings. The van der Waals surface area contributed by atoms with Crippen molar-refractivity contribution in [3.05, 3.63) is 24.2 Å². The Bertz CT molecular complexity index is 804. The third-order valence-electron chi connectivity index (χ3n) is 4.65. The zero-order valence-corrected chi connectivity index (χ0v) is 15.8. The molecule has 0 bridgehead atoms. The Labute approximate surface area is 158 Å². The summed E-state index contributed by atoms with van der Waals surface area (Å²) in [7, 11) is 0. The summed E-state index contributed by atoms with van der Waals surface area (Å²) >= 11 is 0. The lowest BCUT2D eigenvalue weighted by Crippen LogP contribution is -2.18. The second-order valence-electron chi connectivity index (χ2n) is 6.68. The molecule has 0 saturated carbocycles. The van der Waals surface area contributed by atoms with E-state index in [4.69, 9.17) is 9.47 Å². The maximum atomic E-state index is 12.0. The number of ether oxygens (including phenoxy) is 2. The van der Waals surface area contributed by atoms with Gasteiger partial charge in [0.05, 0.1) is 11.8 Å². The lowest BCUT2D eigenvalue weighted by atomic mass is 10.1. The summed E-state index contributed by atoms with van der Waals surface area (Å²) in [4.78, 5) is 27.5. The van der Waals surface area contributed by atoms with E-state index in [1.807, 2.05) is 19.1 Å². The van der Waals surface area contributed by atoms with Crippen molar-refractivity contribution >= 4 is 23.2 Å². The molecule has 1 aliphatic rings. The van der Waals surface area contributed by atoms with Crippen molar-refractivity contribution in [2.45, 2.75) is 64.6 Å². The fourth-order valence-corrected chi connectivity index (χ4v) is 3.16. The number of hydrogen-bond acceptors (Lipinski definition) is 6. The molecule has 3 heterocycles. The first-order valence-electron chi connectivity index (χ1n) is 9.56. The quantitative estimate of drug-likeness (QED) is 0.714. The number of carbonyl (C=O) groups excluding carboxylic acids is 2. The third-order valence-corrected chi connectivity index (χ3v) is 4.65. The molecule has 27 heavy (non-hydrogen) atoms. The number of hydrogen-bond donors (Lipinski definition) is 1. The zero-order chi connectivity index (χ0) is 19.2. The van der Waals surface area contributed by atoms with Gasteiger partial charge in [-0.3, -0.25) is 9.59 Å². The summed E-state index contributed by atoms with van der Waals surface area (Å²) in [6, 6.07) is 3.83. The summed E-state index contributed by atoms with van der Waals surface area (Å²) < 4.78 is 13.0. The molecule has 1 N–H and O–H groups in total. The first-order chi connectivity index (χ1) is 13.1.